The van der Waals surface area contributed by atoms with Gasteiger partial charge >= 0.3 is 0 Å². The number of nitrogens with one attached hydrogen (secondary N) is 1. The first-order valence-electron chi connectivity index (χ1n) is 8.46. The number of carbonyl (C=O) groups excluding carboxylic acids is 2. The van der Waals surface area contributed by atoms with Gasteiger partial charge < -0.3 is 10.2 Å². The first kappa shape index (κ1) is 18.7. The van der Waals surface area contributed by atoms with Gasteiger partial charge in [0.15, 0.2) is 0 Å². The van der Waals surface area contributed by atoms with Crippen LogP contribution in [0, 0.1) is 0 Å². The molecular weight excluding hydrogens is 312 g/mol. The van der Waals surface area contributed by atoms with Crippen LogP contribution in [-0.2, 0) is 21.5 Å². The van der Waals surface area contributed by atoms with Crippen molar-refractivity contribution in [1.82, 2.24) is 4.90 Å². The third kappa shape index (κ3) is 5.45. The first-order valence-corrected chi connectivity index (χ1v) is 8.46. The summed E-state index contributed by atoms with van der Waals surface area (Å²) in [5.74, 6) is -0.314. The maximum absolute atomic E-state index is 12.5. The van der Waals surface area contributed by atoms with E-state index in [2.05, 4.69) is 26.1 Å². The average molecular weight is 338 g/mol. The summed E-state index contributed by atoms with van der Waals surface area (Å²) in [6, 6.07) is 17.4. The molecule has 0 saturated carbocycles. The average Bonchev–Trinajstić information content (AvgIpc) is 2.54. The van der Waals surface area contributed by atoms with E-state index in [0.717, 1.165) is 16.8 Å². The van der Waals surface area contributed by atoms with E-state index in [-0.39, 0.29) is 23.8 Å². The normalized spacial score (nSPS) is 11.0. The zero-order valence-electron chi connectivity index (χ0n) is 15.4. The summed E-state index contributed by atoms with van der Waals surface area (Å²) >= 11 is 0. The van der Waals surface area contributed by atoms with E-state index in [1.54, 1.807) is 4.90 Å². The Labute approximate surface area is 149 Å². The van der Waals surface area contributed by atoms with Crippen LogP contribution in [0.15, 0.2) is 54.6 Å². The van der Waals surface area contributed by atoms with Crippen molar-refractivity contribution in [2.75, 3.05) is 11.9 Å². The lowest BCUT2D eigenvalue weighted by molar-refractivity contribution is -0.133. The molecule has 0 aromatic heterocycles. The standard InChI is InChI=1S/C21H26N2O2/c1-16(24)23(14-17-10-6-5-7-11-17)15-20(25)22-19-13-9-8-12-18(19)21(2,3)4/h5-13H,14-15H2,1-4H3,(H,22,25). The summed E-state index contributed by atoms with van der Waals surface area (Å²) in [4.78, 5) is 25.9. The molecular formula is C21H26N2O2. The summed E-state index contributed by atoms with van der Waals surface area (Å²) in [6.07, 6.45) is 0. The van der Waals surface area contributed by atoms with Crippen LogP contribution in [0.3, 0.4) is 0 Å². The predicted octanol–water partition coefficient (Wildman–Crippen LogP) is 3.97. The molecule has 25 heavy (non-hydrogen) atoms. The molecule has 2 aromatic rings. The third-order valence-electron chi connectivity index (χ3n) is 4.01. The highest BCUT2D eigenvalue weighted by atomic mass is 16.2. The minimum Gasteiger partial charge on any atom is -0.329 e. The van der Waals surface area contributed by atoms with E-state index in [9.17, 15) is 9.59 Å². The second-order valence-electron chi connectivity index (χ2n) is 7.20. The van der Waals surface area contributed by atoms with Crippen molar-refractivity contribution in [3.8, 4) is 0 Å². The zero-order chi connectivity index (χ0) is 18.4. The van der Waals surface area contributed by atoms with Gasteiger partial charge in [-0.1, -0.05) is 69.3 Å². The number of hydrogen-bond acceptors (Lipinski definition) is 2. The number of nitrogens with zero attached hydrogens (tertiary/aromatic N) is 1. The fourth-order valence-corrected chi connectivity index (χ4v) is 2.69. The summed E-state index contributed by atoms with van der Waals surface area (Å²) in [5, 5.41) is 2.96. The highest BCUT2D eigenvalue weighted by Gasteiger charge is 2.20. The molecule has 2 rings (SSSR count). The summed E-state index contributed by atoms with van der Waals surface area (Å²) < 4.78 is 0. The molecule has 0 unspecified atom stereocenters. The van der Waals surface area contributed by atoms with Crippen LogP contribution in [0.5, 0.6) is 0 Å². The highest BCUT2D eigenvalue weighted by Crippen LogP contribution is 2.29. The van der Waals surface area contributed by atoms with Crippen LogP contribution in [0.1, 0.15) is 38.8 Å². The predicted molar refractivity (Wildman–Crippen MR) is 101 cm³/mol. The van der Waals surface area contributed by atoms with Crippen molar-refractivity contribution in [1.29, 1.82) is 0 Å². The Hall–Kier alpha value is -2.62. The maximum atomic E-state index is 12.5. The molecule has 0 bridgehead atoms. The summed E-state index contributed by atoms with van der Waals surface area (Å²) in [6.45, 7) is 8.26. The van der Waals surface area contributed by atoms with Gasteiger partial charge in [-0.2, -0.15) is 0 Å². The molecule has 4 nitrogen and oxygen atoms in total. The number of rotatable bonds is 5. The number of amides is 2. The Bertz CT molecular complexity index is 733. The molecule has 132 valence electrons. The highest BCUT2D eigenvalue weighted by molar-refractivity contribution is 5.95. The molecule has 0 radical (unpaired) electrons. The number of carbonyl (C=O) groups is 2. The minimum absolute atomic E-state index is 0.0305. The maximum Gasteiger partial charge on any atom is 0.244 e. The molecule has 4 heteroatoms. The molecule has 2 amide bonds. The Morgan fingerprint density at radius 2 is 1.56 bits per heavy atom. The molecule has 0 atom stereocenters. The van der Waals surface area contributed by atoms with Gasteiger partial charge in [-0.3, -0.25) is 9.59 Å². The molecule has 0 fully saturated rings. The van der Waals surface area contributed by atoms with Crippen molar-refractivity contribution in [3.63, 3.8) is 0 Å². The SMILES string of the molecule is CC(=O)N(CC(=O)Nc1ccccc1C(C)(C)C)Cc1ccccc1. The molecule has 0 aliphatic heterocycles. The van der Waals surface area contributed by atoms with Crippen LogP contribution < -0.4 is 5.32 Å². The Balaban J connectivity index is 2.09. The molecule has 0 aliphatic carbocycles. The number of hydrogen-bond donors (Lipinski definition) is 1. The van der Waals surface area contributed by atoms with Gasteiger partial charge in [0.25, 0.3) is 0 Å². The zero-order valence-corrected chi connectivity index (χ0v) is 15.4. The van der Waals surface area contributed by atoms with Gasteiger partial charge in [-0.05, 0) is 22.6 Å². The van der Waals surface area contributed by atoms with Crippen LogP contribution in [0.25, 0.3) is 0 Å². The Morgan fingerprint density at radius 1 is 0.960 bits per heavy atom. The lowest BCUT2D eigenvalue weighted by Crippen LogP contribution is -2.36. The van der Waals surface area contributed by atoms with Crippen molar-refractivity contribution in [2.45, 2.75) is 39.7 Å². The van der Waals surface area contributed by atoms with Crippen LogP contribution in [0.2, 0.25) is 0 Å². The van der Waals surface area contributed by atoms with Gasteiger partial charge in [-0.15, -0.1) is 0 Å². The van der Waals surface area contributed by atoms with E-state index in [0.29, 0.717) is 6.54 Å². The van der Waals surface area contributed by atoms with Crippen LogP contribution in [0.4, 0.5) is 5.69 Å². The van der Waals surface area contributed by atoms with Crippen molar-refractivity contribution in [3.05, 3.63) is 65.7 Å². The van der Waals surface area contributed by atoms with Gasteiger partial charge in [0.2, 0.25) is 11.8 Å². The second-order valence-corrected chi connectivity index (χ2v) is 7.20. The lowest BCUT2D eigenvalue weighted by Gasteiger charge is -2.24. The fourth-order valence-electron chi connectivity index (χ4n) is 2.69. The van der Waals surface area contributed by atoms with Crippen molar-refractivity contribution >= 4 is 17.5 Å². The van der Waals surface area contributed by atoms with Crippen molar-refractivity contribution in [2.24, 2.45) is 0 Å². The van der Waals surface area contributed by atoms with Gasteiger partial charge in [-0.25, -0.2) is 0 Å². The Kier molecular flexibility index (Phi) is 5.97. The molecule has 0 aliphatic rings. The summed E-state index contributed by atoms with van der Waals surface area (Å²) in [5.41, 5.74) is 2.79. The van der Waals surface area contributed by atoms with Crippen molar-refractivity contribution < 1.29 is 9.59 Å². The smallest absolute Gasteiger partial charge is 0.244 e. The topological polar surface area (TPSA) is 49.4 Å². The molecule has 2 aromatic carbocycles. The third-order valence-corrected chi connectivity index (χ3v) is 4.01. The molecule has 0 saturated heterocycles. The number of benzene rings is 2. The number of para-hydroxylation sites is 1. The monoisotopic (exact) mass is 338 g/mol. The van der Waals surface area contributed by atoms with E-state index < -0.39 is 0 Å². The number of anilines is 1. The van der Waals surface area contributed by atoms with E-state index in [1.165, 1.54) is 6.92 Å². The fraction of sp³-hybridized carbons (Fsp3) is 0.333. The lowest BCUT2D eigenvalue weighted by atomic mass is 9.86. The summed E-state index contributed by atoms with van der Waals surface area (Å²) in [7, 11) is 0. The minimum atomic E-state index is -0.192. The van der Waals surface area contributed by atoms with E-state index in [1.807, 2.05) is 54.6 Å². The molecule has 0 spiro atoms. The largest absolute Gasteiger partial charge is 0.329 e. The molecule has 0 heterocycles. The van der Waals surface area contributed by atoms with Gasteiger partial charge in [0.05, 0.1) is 0 Å². The first-order chi connectivity index (χ1) is 11.8. The van der Waals surface area contributed by atoms with Gasteiger partial charge in [0, 0.05) is 19.2 Å². The van der Waals surface area contributed by atoms with Crippen LogP contribution in [-0.4, -0.2) is 23.3 Å². The van der Waals surface area contributed by atoms with E-state index >= 15 is 0 Å². The van der Waals surface area contributed by atoms with Crippen LogP contribution >= 0.6 is 0 Å². The molecule has 1 N–H and O–H groups in total. The Morgan fingerprint density at radius 3 is 2.16 bits per heavy atom. The van der Waals surface area contributed by atoms with Gasteiger partial charge in [0.1, 0.15) is 6.54 Å². The second kappa shape index (κ2) is 7.97. The van der Waals surface area contributed by atoms with E-state index in [4.69, 9.17) is 0 Å². The quantitative estimate of drug-likeness (QED) is 0.897.